The number of rotatable bonds is 2. The average molecular weight is 284 g/mol. The smallest absolute Gasteiger partial charge is 0.325 e. The van der Waals surface area contributed by atoms with E-state index in [1.807, 2.05) is 0 Å². The fourth-order valence-electron chi connectivity index (χ4n) is 2.16. The summed E-state index contributed by atoms with van der Waals surface area (Å²) in [5.74, 6) is 0. The van der Waals surface area contributed by atoms with Crippen molar-refractivity contribution in [2.45, 2.75) is 19.4 Å². The van der Waals surface area contributed by atoms with Crippen molar-refractivity contribution < 1.29 is 13.2 Å². The zero-order valence-corrected chi connectivity index (χ0v) is 10.2. The van der Waals surface area contributed by atoms with Gasteiger partial charge in [0.1, 0.15) is 12.0 Å². The molecule has 0 radical (unpaired) electrons. The number of anilines is 1. The molecule has 1 aliphatic heterocycles. The predicted molar refractivity (Wildman–Crippen MR) is 63.9 cm³/mol. The first-order valence-electron chi connectivity index (χ1n) is 5.87. The Hall–Kier alpha value is -2.45. The fraction of sp³-hybridized carbons (Fsp3) is 0.364. The minimum absolute atomic E-state index is 0.0482. The number of hydrogen-bond acceptors (Lipinski definition) is 5. The topological polar surface area (TPSA) is 95.0 Å². The normalized spacial score (nSPS) is 14.7. The van der Waals surface area contributed by atoms with Gasteiger partial charge in [-0.05, 0) is 6.42 Å². The molecule has 2 aromatic heterocycles. The van der Waals surface area contributed by atoms with Crippen LogP contribution in [0.15, 0.2) is 20.3 Å². The van der Waals surface area contributed by atoms with Gasteiger partial charge in [0, 0.05) is 17.8 Å². The lowest BCUT2D eigenvalue weighted by molar-refractivity contribution is 0.146. The largest absolute Gasteiger partial charge is 0.432 e. The summed E-state index contributed by atoms with van der Waals surface area (Å²) in [6.07, 6.45) is -1.43. The number of nitrogens with zero attached hydrogens (tertiary/aromatic N) is 2. The van der Waals surface area contributed by atoms with Crippen LogP contribution in [0.3, 0.4) is 0 Å². The van der Waals surface area contributed by atoms with Gasteiger partial charge in [0.2, 0.25) is 0 Å². The average Bonchev–Trinajstić information content (AvgIpc) is 2.87. The van der Waals surface area contributed by atoms with Crippen LogP contribution < -0.4 is 16.1 Å². The van der Waals surface area contributed by atoms with E-state index in [-0.39, 0.29) is 12.6 Å². The van der Waals surface area contributed by atoms with Gasteiger partial charge in [-0.15, -0.1) is 0 Å². The molecule has 3 heterocycles. The summed E-state index contributed by atoms with van der Waals surface area (Å²) < 4.78 is 29.9. The van der Waals surface area contributed by atoms with Crippen molar-refractivity contribution >= 4 is 6.01 Å². The van der Waals surface area contributed by atoms with Crippen LogP contribution in [0, 0.1) is 0 Å². The lowest BCUT2D eigenvalue weighted by atomic mass is 10.1. The molecule has 7 nitrogen and oxygen atoms in total. The predicted octanol–water partition coefficient (Wildman–Crippen LogP) is 0.551. The van der Waals surface area contributed by atoms with Crippen LogP contribution in [0.1, 0.15) is 23.4 Å². The Morgan fingerprint density at radius 2 is 2.15 bits per heavy atom. The van der Waals surface area contributed by atoms with Gasteiger partial charge < -0.3 is 14.3 Å². The number of aromatic amines is 2. The monoisotopic (exact) mass is 284 g/mol. The van der Waals surface area contributed by atoms with Gasteiger partial charge in [-0.2, -0.15) is 4.98 Å². The number of hydrogen-bond donors (Lipinski definition) is 2. The van der Waals surface area contributed by atoms with Crippen molar-refractivity contribution in [2.24, 2.45) is 0 Å². The van der Waals surface area contributed by atoms with Gasteiger partial charge in [-0.3, -0.25) is 9.78 Å². The molecule has 3 rings (SSSR count). The molecule has 0 fully saturated rings. The molecule has 0 atom stereocenters. The second-order valence-corrected chi connectivity index (χ2v) is 4.39. The summed E-state index contributed by atoms with van der Waals surface area (Å²) in [5, 5.41) is 0. The quantitative estimate of drug-likeness (QED) is 0.839. The van der Waals surface area contributed by atoms with Crippen LogP contribution in [0.4, 0.5) is 14.8 Å². The van der Waals surface area contributed by atoms with E-state index in [1.165, 1.54) is 0 Å². The summed E-state index contributed by atoms with van der Waals surface area (Å²) in [6.45, 7) is 0.572. The minimum atomic E-state index is -2.70. The van der Waals surface area contributed by atoms with E-state index >= 15 is 0 Å². The zero-order chi connectivity index (χ0) is 14.3. The molecule has 0 bridgehead atoms. The molecule has 9 heteroatoms. The van der Waals surface area contributed by atoms with E-state index in [0.717, 1.165) is 6.26 Å². The van der Waals surface area contributed by atoms with Crippen LogP contribution in [0.2, 0.25) is 0 Å². The first-order chi connectivity index (χ1) is 9.54. The minimum Gasteiger partial charge on any atom is -0.432 e. The van der Waals surface area contributed by atoms with Crippen molar-refractivity contribution in [1.82, 2.24) is 15.0 Å². The number of H-pyrrole nitrogens is 2. The number of fused-ring (bicyclic) bond motifs is 1. The lowest BCUT2D eigenvalue weighted by Gasteiger charge is -2.26. The van der Waals surface area contributed by atoms with Crippen LogP contribution in [0.25, 0.3) is 0 Å². The van der Waals surface area contributed by atoms with Crippen molar-refractivity contribution in [2.75, 3.05) is 11.4 Å². The van der Waals surface area contributed by atoms with Crippen LogP contribution >= 0.6 is 0 Å². The highest BCUT2D eigenvalue weighted by molar-refractivity contribution is 5.34. The molecule has 2 aromatic rings. The molecule has 0 unspecified atom stereocenters. The number of aromatic nitrogens is 3. The molecular formula is C11H10F2N4O3. The molecule has 1 aliphatic rings. The van der Waals surface area contributed by atoms with Crippen LogP contribution in [-0.2, 0) is 13.0 Å². The zero-order valence-electron chi connectivity index (χ0n) is 10.2. The van der Waals surface area contributed by atoms with Gasteiger partial charge in [-0.25, -0.2) is 13.6 Å². The molecule has 0 aromatic carbocycles. The molecule has 0 saturated carbocycles. The van der Waals surface area contributed by atoms with E-state index in [1.54, 1.807) is 4.90 Å². The summed E-state index contributed by atoms with van der Waals surface area (Å²) in [5.41, 5.74) is -0.533. The van der Waals surface area contributed by atoms with Crippen LogP contribution in [0.5, 0.6) is 0 Å². The molecule has 20 heavy (non-hydrogen) atoms. The second-order valence-electron chi connectivity index (χ2n) is 4.39. The Kier molecular flexibility index (Phi) is 2.88. The molecule has 106 valence electrons. The highest BCUT2D eigenvalue weighted by Gasteiger charge is 2.24. The van der Waals surface area contributed by atoms with Crippen molar-refractivity contribution in [1.29, 1.82) is 0 Å². The first kappa shape index (κ1) is 12.6. The molecular weight excluding hydrogens is 274 g/mol. The van der Waals surface area contributed by atoms with Crippen LogP contribution in [-0.4, -0.2) is 21.5 Å². The maximum absolute atomic E-state index is 12.5. The Labute approximate surface area is 110 Å². The van der Waals surface area contributed by atoms with Gasteiger partial charge in [0.25, 0.3) is 18.0 Å². The molecule has 0 saturated heterocycles. The molecule has 0 amide bonds. The first-order valence-corrected chi connectivity index (χ1v) is 5.87. The summed E-state index contributed by atoms with van der Waals surface area (Å²) in [4.78, 5) is 32.8. The lowest BCUT2D eigenvalue weighted by Crippen LogP contribution is -2.38. The number of alkyl halides is 2. The number of oxazole rings is 1. The molecule has 0 aliphatic carbocycles. The highest BCUT2D eigenvalue weighted by Crippen LogP contribution is 2.24. The second kappa shape index (κ2) is 4.58. The third kappa shape index (κ3) is 2.10. The Morgan fingerprint density at radius 1 is 1.35 bits per heavy atom. The fourth-order valence-corrected chi connectivity index (χ4v) is 2.16. The molecule has 0 spiro atoms. The van der Waals surface area contributed by atoms with Gasteiger partial charge in [-0.1, -0.05) is 0 Å². The third-order valence-electron chi connectivity index (χ3n) is 3.11. The Bertz CT molecular complexity index is 749. The molecule has 2 N–H and O–H groups in total. The van der Waals surface area contributed by atoms with Crippen molar-refractivity contribution in [3.05, 3.63) is 44.1 Å². The number of halogens is 2. The maximum Gasteiger partial charge on any atom is 0.325 e. The Balaban J connectivity index is 1.91. The van der Waals surface area contributed by atoms with E-state index in [4.69, 9.17) is 4.42 Å². The van der Waals surface area contributed by atoms with Gasteiger partial charge in [0.05, 0.1) is 6.54 Å². The Morgan fingerprint density at radius 3 is 2.85 bits per heavy atom. The van der Waals surface area contributed by atoms with E-state index < -0.39 is 23.4 Å². The summed E-state index contributed by atoms with van der Waals surface area (Å²) in [6, 6.07) is 0.0482. The summed E-state index contributed by atoms with van der Waals surface area (Å²) in [7, 11) is 0. The maximum atomic E-state index is 12.5. The highest BCUT2D eigenvalue weighted by atomic mass is 19.3. The van der Waals surface area contributed by atoms with Crippen molar-refractivity contribution in [3.8, 4) is 0 Å². The standard InChI is InChI=1S/C11H10F2N4O3/c12-8(13)7-4-20-11(15-7)17-2-1-5-6(3-17)14-10(19)16-9(5)18/h4,8H,1-3H2,(H2,14,16,18,19). The van der Waals surface area contributed by atoms with Gasteiger partial charge >= 0.3 is 5.69 Å². The van der Waals surface area contributed by atoms with E-state index in [9.17, 15) is 18.4 Å². The summed E-state index contributed by atoms with van der Waals surface area (Å²) >= 11 is 0. The third-order valence-corrected chi connectivity index (χ3v) is 3.11. The van der Waals surface area contributed by atoms with Gasteiger partial charge in [0.15, 0.2) is 0 Å². The SMILES string of the molecule is O=c1[nH]c2c(c(=O)[nH]1)CCN(c1nc(C(F)F)co1)C2. The van der Waals surface area contributed by atoms with Crippen molar-refractivity contribution in [3.63, 3.8) is 0 Å². The van der Waals surface area contributed by atoms with E-state index in [0.29, 0.717) is 24.2 Å². The van der Waals surface area contributed by atoms with E-state index in [2.05, 4.69) is 15.0 Å². The number of nitrogens with one attached hydrogen (secondary N) is 2.